The molecule has 2 rings (SSSR count). The monoisotopic (exact) mass is 371 g/mol. The molecule has 0 aliphatic rings. The van der Waals surface area contributed by atoms with Gasteiger partial charge in [0.25, 0.3) is 0 Å². The number of aromatic nitrogens is 2. The van der Waals surface area contributed by atoms with Crippen LogP contribution in [0.15, 0.2) is 29.3 Å². The molecule has 148 valence electrons. The van der Waals surface area contributed by atoms with Crippen molar-refractivity contribution in [2.45, 2.75) is 40.2 Å². The van der Waals surface area contributed by atoms with Crippen molar-refractivity contribution in [2.24, 2.45) is 12.0 Å². The van der Waals surface area contributed by atoms with Crippen molar-refractivity contribution in [3.05, 3.63) is 46.8 Å². The molecule has 6 heteroatoms. The second-order valence-electron chi connectivity index (χ2n) is 6.69. The first-order chi connectivity index (χ1) is 13.0. The predicted molar refractivity (Wildman–Crippen MR) is 111 cm³/mol. The van der Waals surface area contributed by atoms with Gasteiger partial charge in [-0.3, -0.25) is 9.67 Å². The third-order valence-corrected chi connectivity index (χ3v) is 4.74. The molecule has 0 amide bonds. The lowest BCUT2D eigenvalue weighted by Gasteiger charge is -2.22. The summed E-state index contributed by atoms with van der Waals surface area (Å²) in [5, 5.41) is 8.11. The standard InChI is InChI=1S/C21H33N5O/c1-7-19-18(20(8-2)26(6)24-19)15-23-21(22-4)25(5)13-14-27-17-11-9-16(3)10-12-17/h9-12H,7-8,13-15H2,1-6H3,(H,22,23). The van der Waals surface area contributed by atoms with Crippen LogP contribution in [0.25, 0.3) is 0 Å². The maximum atomic E-state index is 5.83. The maximum absolute atomic E-state index is 5.83. The van der Waals surface area contributed by atoms with Crippen LogP contribution in [0.2, 0.25) is 0 Å². The lowest BCUT2D eigenvalue weighted by Crippen LogP contribution is -2.40. The van der Waals surface area contributed by atoms with Crippen molar-refractivity contribution < 1.29 is 4.74 Å². The van der Waals surface area contributed by atoms with Crippen LogP contribution in [0, 0.1) is 6.92 Å². The Morgan fingerprint density at radius 3 is 2.52 bits per heavy atom. The Morgan fingerprint density at radius 2 is 1.93 bits per heavy atom. The lowest BCUT2D eigenvalue weighted by molar-refractivity contribution is 0.281. The van der Waals surface area contributed by atoms with E-state index in [0.717, 1.165) is 43.3 Å². The highest BCUT2D eigenvalue weighted by Crippen LogP contribution is 2.15. The van der Waals surface area contributed by atoms with E-state index in [9.17, 15) is 0 Å². The molecule has 0 unspecified atom stereocenters. The molecule has 1 aromatic carbocycles. The number of benzene rings is 1. The summed E-state index contributed by atoms with van der Waals surface area (Å²) in [4.78, 5) is 6.49. The number of aliphatic imine (C=N–C) groups is 1. The molecule has 0 saturated heterocycles. The quantitative estimate of drug-likeness (QED) is 0.573. The number of aryl methyl sites for hydroxylation is 3. The molecule has 1 aromatic heterocycles. The molecule has 0 aliphatic heterocycles. The second kappa shape index (κ2) is 10.00. The smallest absolute Gasteiger partial charge is 0.193 e. The third kappa shape index (κ3) is 5.49. The highest BCUT2D eigenvalue weighted by atomic mass is 16.5. The van der Waals surface area contributed by atoms with Gasteiger partial charge in [0, 0.05) is 38.9 Å². The summed E-state index contributed by atoms with van der Waals surface area (Å²) >= 11 is 0. The first kappa shape index (κ1) is 20.8. The van der Waals surface area contributed by atoms with Gasteiger partial charge in [-0.25, -0.2) is 0 Å². The molecule has 0 saturated carbocycles. The fourth-order valence-electron chi connectivity index (χ4n) is 3.19. The number of likely N-dealkylation sites (N-methyl/N-ethyl adjacent to an activating group) is 1. The average molecular weight is 372 g/mol. The van der Waals surface area contributed by atoms with Crippen LogP contribution >= 0.6 is 0 Å². The minimum atomic E-state index is 0.605. The number of nitrogens with zero attached hydrogens (tertiary/aromatic N) is 4. The molecule has 0 radical (unpaired) electrons. The van der Waals surface area contributed by atoms with Crippen LogP contribution in [-0.2, 0) is 26.4 Å². The summed E-state index contributed by atoms with van der Waals surface area (Å²) in [6.07, 6.45) is 1.91. The van der Waals surface area contributed by atoms with E-state index in [-0.39, 0.29) is 0 Å². The summed E-state index contributed by atoms with van der Waals surface area (Å²) < 4.78 is 7.83. The van der Waals surface area contributed by atoms with Crippen LogP contribution < -0.4 is 10.1 Å². The molecule has 6 nitrogen and oxygen atoms in total. The van der Waals surface area contributed by atoms with Gasteiger partial charge in [0.1, 0.15) is 12.4 Å². The van der Waals surface area contributed by atoms with Gasteiger partial charge >= 0.3 is 0 Å². The average Bonchev–Trinajstić information content (AvgIpc) is 2.98. The molecule has 0 bridgehead atoms. The highest BCUT2D eigenvalue weighted by Gasteiger charge is 2.15. The summed E-state index contributed by atoms with van der Waals surface area (Å²) in [7, 11) is 5.85. The Labute approximate surface area is 163 Å². The Hall–Kier alpha value is -2.50. The Morgan fingerprint density at radius 1 is 1.22 bits per heavy atom. The van der Waals surface area contributed by atoms with Gasteiger partial charge in [0.15, 0.2) is 5.96 Å². The topological polar surface area (TPSA) is 54.7 Å². The van der Waals surface area contributed by atoms with E-state index < -0.39 is 0 Å². The third-order valence-electron chi connectivity index (χ3n) is 4.74. The van der Waals surface area contributed by atoms with Gasteiger partial charge in [0.2, 0.25) is 0 Å². The van der Waals surface area contributed by atoms with E-state index in [0.29, 0.717) is 6.61 Å². The molecule has 0 atom stereocenters. The highest BCUT2D eigenvalue weighted by molar-refractivity contribution is 5.79. The second-order valence-corrected chi connectivity index (χ2v) is 6.69. The minimum Gasteiger partial charge on any atom is -0.492 e. The molecule has 27 heavy (non-hydrogen) atoms. The molecule has 0 spiro atoms. The summed E-state index contributed by atoms with van der Waals surface area (Å²) in [6.45, 7) is 8.48. The number of rotatable bonds is 8. The molecule has 1 heterocycles. The number of guanidine groups is 1. The first-order valence-electron chi connectivity index (χ1n) is 9.64. The van der Waals surface area contributed by atoms with Crippen LogP contribution in [-0.4, -0.2) is 47.9 Å². The van der Waals surface area contributed by atoms with Gasteiger partial charge in [-0.1, -0.05) is 31.5 Å². The van der Waals surface area contributed by atoms with E-state index >= 15 is 0 Å². The number of hydrogen-bond acceptors (Lipinski definition) is 3. The SMILES string of the molecule is CCc1nn(C)c(CC)c1CNC(=NC)N(C)CCOc1ccc(C)cc1. The van der Waals surface area contributed by atoms with Crippen molar-refractivity contribution >= 4 is 5.96 Å². The zero-order valence-corrected chi connectivity index (χ0v) is 17.5. The summed E-state index contributed by atoms with van der Waals surface area (Å²) in [5.74, 6) is 1.75. The Kier molecular flexibility index (Phi) is 7.70. The predicted octanol–water partition coefficient (Wildman–Crippen LogP) is 2.94. The Balaban J connectivity index is 1.90. The largest absolute Gasteiger partial charge is 0.492 e. The summed E-state index contributed by atoms with van der Waals surface area (Å²) in [5.41, 5.74) is 4.95. The Bertz CT molecular complexity index is 749. The molecule has 1 N–H and O–H groups in total. The molecule has 2 aromatic rings. The fourth-order valence-corrected chi connectivity index (χ4v) is 3.19. The molecule has 0 aliphatic carbocycles. The van der Waals surface area contributed by atoms with Crippen LogP contribution in [0.4, 0.5) is 0 Å². The molecular formula is C21H33N5O. The van der Waals surface area contributed by atoms with Crippen LogP contribution in [0.5, 0.6) is 5.75 Å². The maximum Gasteiger partial charge on any atom is 0.193 e. The van der Waals surface area contributed by atoms with Gasteiger partial charge < -0.3 is 15.0 Å². The molecular weight excluding hydrogens is 338 g/mol. The minimum absolute atomic E-state index is 0.605. The molecule has 0 fully saturated rings. The van der Waals surface area contributed by atoms with E-state index in [1.54, 1.807) is 0 Å². The number of nitrogens with one attached hydrogen (secondary N) is 1. The zero-order valence-electron chi connectivity index (χ0n) is 17.5. The van der Waals surface area contributed by atoms with E-state index in [1.807, 2.05) is 38.0 Å². The van der Waals surface area contributed by atoms with E-state index in [1.165, 1.54) is 16.8 Å². The lowest BCUT2D eigenvalue weighted by atomic mass is 10.1. The van der Waals surface area contributed by atoms with Crippen molar-refractivity contribution in [1.29, 1.82) is 0 Å². The van der Waals surface area contributed by atoms with Crippen LogP contribution in [0.3, 0.4) is 0 Å². The van der Waals surface area contributed by atoms with Crippen LogP contribution in [0.1, 0.15) is 36.4 Å². The van der Waals surface area contributed by atoms with Gasteiger partial charge in [-0.15, -0.1) is 0 Å². The van der Waals surface area contributed by atoms with Crippen molar-refractivity contribution in [1.82, 2.24) is 20.0 Å². The summed E-state index contributed by atoms with van der Waals surface area (Å²) in [6, 6.07) is 8.13. The van der Waals surface area contributed by atoms with Gasteiger partial charge in [-0.2, -0.15) is 5.10 Å². The van der Waals surface area contributed by atoms with Crippen molar-refractivity contribution in [2.75, 3.05) is 27.2 Å². The van der Waals surface area contributed by atoms with E-state index in [2.05, 4.69) is 53.2 Å². The number of ether oxygens (including phenoxy) is 1. The van der Waals surface area contributed by atoms with Crippen molar-refractivity contribution in [3.8, 4) is 5.75 Å². The van der Waals surface area contributed by atoms with Gasteiger partial charge in [-0.05, 0) is 31.9 Å². The van der Waals surface area contributed by atoms with Crippen molar-refractivity contribution in [3.63, 3.8) is 0 Å². The first-order valence-corrected chi connectivity index (χ1v) is 9.64. The van der Waals surface area contributed by atoms with E-state index in [4.69, 9.17) is 4.74 Å². The van der Waals surface area contributed by atoms with Gasteiger partial charge in [0.05, 0.1) is 12.2 Å². The zero-order chi connectivity index (χ0) is 19.8. The number of hydrogen-bond donors (Lipinski definition) is 1. The normalized spacial score (nSPS) is 11.6. The fraction of sp³-hybridized carbons (Fsp3) is 0.524.